The van der Waals surface area contributed by atoms with Crippen molar-refractivity contribution in [2.24, 2.45) is 0 Å². The fourth-order valence-corrected chi connectivity index (χ4v) is 5.87. The highest BCUT2D eigenvalue weighted by Gasteiger charge is 2.48. The van der Waals surface area contributed by atoms with Crippen LogP contribution in [0.1, 0.15) is 74.9 Å². The predicted molar refractivity (Wildman–Crippen MR) is 154 cm³/mol. The quantitative estimate of drug-likeness (QED) is 0.154. The van der Waals surface area contributed by atoms with Crippen molar-refractivity contribution in [1.82, 2.24) is 9.97 Å². The average molecular weight is 542 g/mol. The van der Waals surface area contributed by atoms with Crippen LogP contribution in [-0.4, -0.2) is 33.4 Å². The first-order valence-electron chi connectivity index (χ1n) is 13.1. The molecule has 1 unspecified atom stereocenters. The van der Waals surface area contributed by atoms with Gasteiger partial charge in [0, 0.05) is 11.8 Å². The number of hydrogen-bond acceptors (Lipinski definition) is 7. The van der Waals surface area contributed by atoms with Crippen molar-refractivity contribution in [2.45, 2.75) is 52.5 Å². The van der Waals surface area contributed by atoms with Gasteiger partial charge < -0.3 is 9.84 Å². The molecule has 39 heavy (non-hydrogen) atoms. The third kappa shape index (κ3) is 4.81. The molecule has 7 nitrogen and oxygen atoms in total. The number of hydrogen-bond donors (Lipinski definition) is 1. The number of benzene rings is 2. The molecular weight excluding hydrogens is 510 g/mol. The van der Waals surface area contributed by atoms with Crippen molar-refractivity contribution < 1.29 is 19.4 Å². The fourth-order valence-electron chi connectivity index (χ4n) is 4.83. The Morgan fingerprint density at radius 2 is 1.85 bits per heavy atom. The molecular formula is C31H31N3O4S. The van der Waals surface area contributed by atoms with Gasteiger partial charge in [-0.2, -0.15) is 0 Å². The summed E-state index contributed by atoms with van der Waals surface area (Å²) in [6.07, 6.45) is 1.61. The molecule has 0 aliphatic carbocycles. The first-order valence-corrected chi connectivity index (χ1v) is 13.9. The molecule has 1 amide bonds. The van der Waals surface area contributed by atoms with E-state index in [4.69, 9.17) is 9.72 Å². The Morgan fingerprint density at radius 3 is 2.51 bits per heavy atom. The van der Waals surface area contributed by atoms with Crippen LogP contribution >= 0.6 is 11.3 Å². The van der Waals surface area contributed by atoms with Gasteiger partial charge in [0.05, 0.1) is 28.1 Å². The smallest absolute Gasteiger partial charge is 0.301 e. The van der Waals surface area contributed by atoms with Gasteiger partial charge in [-0.15, -0.1) is 0 Å². The van der Waals surface area contributed by atoms with Crippen molar-refractivity contribution in [3.63, 3.8) is 0 Å². The van der Waals surface area contributed by atoms with E-state index in [2.05, 4.69) is 24.9 Å². The molecule has 4 aromatic rings. The summed E-state index contributed by atoms with van der Waals surface area (Å²) in [4.78, 5) is 37.7. The monoisotopic (exact) mass is 541 g/mol. The molecule has 1 aliphatic heterocycles. The highest BCUT2D eigenvalue weighted by atomic mass is 32.1. The Morgan fingerprint density at radius 1 is 1.05 bits per heavy atom. The van der Waals surface area contributed by atoms with Gasteiger partial charge in [-0.1, -0.05) is 51.2 Å². The maximum Gasteiger partial charge on any atom is 0.301 e. The second kappa shape index (κ2) is 10.6. The van der Waals surface area contributed by atoms with Gasteiger partial charge in [0.1, 0.15) is 17.6 Å². The first-order chi connectivity index (χ1) is 18.7. The van der Waals surface area contributed by atoms with Crippen LogP contribution in [0.2, 0.25) is 0 Å². The number of aromatic nitrogens is 2. The van der Waals surface area contributed by atoms with E-state index in [1.54, 1.807) is 36.5 Å². The van der Waals surface area contributed by atoms with Crippen LogP contribution in [0.5, 0.6) is 5.75 Å². The standard InChI is InChI=1S/C31H31N3O4S/c1-6-38-24-13-11-20(15-21(24)18(4)5)28(35)26-27(23-9-7-8-14-32-23)34(30(37)29(26)36)31-33-22-12-10-19(17(2)3)16-25(22)39-31/h7-18,27,35H,6H2,1-5H3/b28-26+. The van der Waals surface area contributed by atoms with Gasteiger partial charge in [-0.25, -0.2) is 4.98 Å². The minimum Gasteiger partial charge on any atom is -0.507 e. The Hall–Kier alpha value is -4.04. The minimum atomic E-state index is -0.926. The summed E-state index contributed by atoms with van der Waals surface area (Å²) in [7, 11) is 0. The summed E-state index contributed by atoms with van der Waals surface area (Å²) in [6.45, 7) is 10.7. The number of rotatable bonds is 7. The van der Waals surface area contributed by atoms with E-state index in [0.717, 1.165) is 27.1 Å². The third-order valence-corrected chi connectivity index (χ3v) is 7.91. The lowest BCUT2D eigenvalue weighted by atomic mass is 9.94. The Bertz CT molecular complexity index is 1590. The van der Waals surface area contributed by atoms with Crippen molar-refractivity contribution in [2.75, 3.05) is 11.5 Å². The van der Waals surface area contributed by atoms with E-state index in [-0.39, 0.29) is 17.3 Å². The van der Waals surface area contributed by atoms with Gasteiger partial charge in [0.15, 0.2) is 5.13 Å². The number of anilines is 1. The van der Waals surface area contributed by atoms with Crippen LogP contribution in [0.25, 0.3) is 16.0 Å². The summed E-state index contributed by atoms with van der Waals surface area (Å²) in [6, 6.07) is 15.7. The Kier molecular flexibility index (Phi) is 7.23. The lowest BCUT2D eigenvalue weighted by Crippen LogP contribution is -2.29. The molecule has 5 rings (SSSR count). The van der Waals surface area contributed by atoms with Crippen LogP contribution in [-0.2, 0) is 9.59 Å². The number of amides is 1. The summed E-state index contributed by atoms with van der Waals surface area (Å²) in [5.41, 5.74) is 3.70. The summed E-state index contributed by atoms with van der Waals surface area (Å²) in [5, 5.41) is 11.9. The third-order valence-electron chi connectivity index (χ3n) is 6.89. The second-order valence-electron chi connectivity index (χ2n) is 10.1. The van der Waals surface area contributed by atoms with Crippen LogP contribution in [0.15, 0.2) is 66.4 Å². The molecule has 200 valence electrons. The number of pyridine rings is 1. The largest absolute Gasteiger partial charge is 0.507 e. The van der Waals surface area contributed by atoms with Crippen molar-refractivity contribution in [1.29, 1.82) is 0 Å². The maximum absolute atomic E-state index is 13.6. The van der Waals surface area contributed by atoms with Gasteiger partial charge >= 0.3 is 5.91 Å². The number of aliphatic hydroxyl groups excluding tert-OH is 1. The predicted octanol–water partition coefficient (Wildman–Crippen LogP) is 6.96. The van der Waals surface area contributed by atoms with E-state index in [0.29, 0.717) is 28.9 Å². The van der Waals surface area contributed by atoms with E-state index < -0.39 is 17.7 Å². The van der Waals surface area contributed by atoms with Crippen molar-refractivity contribution in [3.8, 4) is 5.75 Å². The molecule has 0 saturated carbocycles. The number of carbonyl (C=O) groups excluding carboxylic acids is 2. The highest BCUT2D eigenvalue weighted by molar-refractivity contribution is 7.22. The summed E-state index contributed by atoms with van der Waals surface area (Å²) in [5.74, 6) is -0.587. The molecule has 1 saturated heterocycles. The molecule has 3 heterocycles. The molecule has 8 heteroatoms. The van der Waals surface area contributed by atoms with Gasteiger partial charge in [-0.05, 0) is 72.4 Å². The van der Waals surface area contributed by atoms with E-state index in [9.17, 15) is 14.7 Å². The van der Waals surface area contributed by atoms with Crippen LogP contribution < -0.4 is 9.64 Å². The molecule has 1 fully saturated rings. The van der Waals surface area contributed by atoms with Crippen molar-refractivity contribution >= 4 is 44.1 Å². The fraction of sp³-hybridized carbons (Fsp3) is 0.290. The number of Topliss-reactive ketones (excluding diaryl/α,β-unsaturated/α-hetero) is 1. The zero-order chi connectivity index (χ0) is 27.8. The SMILES string of the molecule is CCOc1ccc(/C(O)=C2\C(=O)C(=O)N(c3nc4ccc(C(C)C)cc4s3)C2c2ccccn2)cc1C(C)C. The lowest BCUT2D eigenvalue weighted by molar-refractivity contribution is -0.132. The summed E-state index contributed by atoms with van der Waals surface area (Å²) < 4.78 is 6.69. The van der Waals surface area contributed by atoms with E-state index in [1.165, 1.54) is 16.2 Å². The van der Waals surface area contributed by atoms with Crippen LogP contribution in [0.3, 0.4) is 0 Å². The minimum absolute atomic E-state index is 0.0142. The zero-order valence-corrected chi connectivity index (χ0v) is 23.5. The van der Waals surface area contributed by atoms with Gasteiger partial charge in [0.25, 0.3) is 5.78 Å². The lowest BCUT2D eigenvalue weighted by Gasteiger charge is -2.22. The zero-order valence-electron chi connectivity index (χ0n) is 22.6. The topological polar surface area (TPSA) is 92.6 Å². The maximum atomic E-state index is 13.6. The normalized spacial score (nSPS) is 17.1. The Labute approximate surface area is 231 Å². The molecule has 2 aromatic carbocycles. The molecule has 1 atom stereocenters. The molecule has 0 radical (unpaired) electrons. The summed E-state index contributed by atoms with van der Waals surface area (Å²) >= 11 is 1.35. The van der Waals surface area contributed by atoms with Crippen LogP contribution in [0, 0.1) is 0 Å². The average Bonchev–Trinajstić information content (AvgIpc) is 3.46. The van der Waals surface area contributed by atoms with Crippen molar-refractivity contribution in [3.05, 3.63) is 88.8 Å². The molecule has 1 aliphatic rings. The van der Waals surface area contributed by atoms with Gasteiger partial charge in [0.2, 0.25) is 0 Å². The number of aliphatic hydroxyl groups is 1. The Balaban J connectivity index is 1.68. The van der Waals surface area contributed by atoms with E-state index >= 15 is 0 Å². The molecule has 2 aromatic heterocycles. The number of fused-ring (bicyclic) bond motifs is 1. The number of carbonyl (C=O) groups is 2. The highest BCUT2D eigenvalue weighted by Crippen LogP contribution is 2.44. The second-order valence-corrected chi connectivity index (χ2v) is 11.2. The van der Waals surface area contributed by atoms with E-state index in [1.807, 2.05) is 39.0 Å². The number of thiazole rings is 1. The first kappa shape index (κ1) is 26.6. The molecule has 0 spiro atoms. The number of nitrogens with zero attached hydrogens (tertiary/aromatic N) is 3. The number of ether oxygens (including phenoxy) is 1. The number of ketones is 1. The molecule has 0 bridgehead atoms. The molecule has 1 N–H and O–H groups in total. The van der Waals surface area contributed by atoms with Gasteiger partial charge in [-0.3, -0.25) is 19.5 Å². The van der Waals surface area contributed by atoms with Crippen LogP contribution in [0.4, 0.5) is 5.13 Å².